The van der Waals surface area contributed by atoms with Gasteiger partial charge in [-0.05, 0) is 48.6 Å². The molecule has 2 aromatic carbocycles. The lowest BCUT2D eigenvalue weighted by atomic mass is 10.00. The van der Waals surface area contributed by atoms with Crippen LogP contribution in [0.25, 0.3) is 0 Å². The number of carbonyl (C=O) groups excluding carboxylic acids is 3. The highest BCUT2D eigenvalue weighted by molar-refractivity contribution is 7.12. The van der Waals surface area contributed by atoms with Gasteiger partial charge in [-0.3, -0.25) is 14.5 Å². The van der Waals surface area contributed by atoms with E-state index in [-0.39, 0.29) is 18.4 Å². The van der Waals surface area contributed by atoms with Gasteiger partial charge in [0.1, 0.15) is 0 Å². The molecule has 0 saturated carbocycles. The van der Waals surface area contributed by atoms with Gasteiger partial charge in [-0.15, -0.1) is 11.3 Å². The zero-order valence-corrected chi connectivity index (χ0v) is 19.2. The number of nitrogens with one attached hydrogen (secondary N) is 2. The zero-order valence-electron chi connectivity index (χ0n) is 18.4. The maximum Gasteiger partial charge on any atom is 0.411 e. The fraction of sp³-hybridized carbons (Fsp3) is 0.240. The lowest BCUT2D eigenvalue weighted by Gasteiger charge is -2.24. The van der Waals surface area contributed by atoms with Crippen LogP contribution in [0.2, 0.25) is 0 Å². The van der Waals surface area contributed by atoms with Gasteiger partial charge >= 0.3 is 6.09 Å². The minimum absolute atomic E-state index is 0.186. The number of aryl methyl sites for hydroxylation is 1. The molecule has 2 atom stereocenters. The molecule has 1 aromatic heterocycles. The number of ether oxygens (including phenoxy) is 1. The van der Waals surface area contributed by atoms with Gasteiger partial charge in [0.15, 0.2) is 12.1 Å². The van der Waals surface area contributed by atoms with E-state index in [0.29, 0.717) is 22.7 Å². The van der Waals surface area contributed by atoms with Crippen LogP contribution in [0, 0.1) is 6.92 Å². The summed E-state index contributed by atoms with van der Waals surface area (Å²) in [5.74, 6) is -0.453. The molecule has 7 nitrogen and oxygen atoms in total. The molecule has 2 unspecified atom stereocenters. The third-order valence-corrected chi connectivity index (χ3v) is 6.25. The van der Waals surface area contributed by atoms with Crippen molar-refractivity contribution in [1.82, 2.24) is 10.2 Å². The average Bonchev–Trinajstić information content (AvgIpc) is 3.44. The number of thiophene rings is 1. The van der Waals surface area contributed by atoms with Gasteiger partial charge in [0.25, 0.3) is 5.91 Å². The van der Waals surface area contributed by atoms with Crippen molar-refractivity contribution < 1.29 is 19.1 Å². The minimum atomic E-state index is -0.801. The van der Waals surface area contributed by atoms with Crippen LogP contribution in [0.1, 0.15) is 39.4 Å². The molecule has 8 heteroatoms. The Morgan fingerprint density at radius 3 is 2.55 bits per heavy atom. The van der Waals surface area contributed by atoms with Crippen molar-refractivity contribution in [2.45, 2.75) is 32.5 Å². The van der Waals surface area contributed by atoms with Gasteiger partial charge in [-0.25, -0.2) is 4.79 Å². The largest absolute Gasteiger partial charge is 0.438 e. The zero-order chi connectivity index (χ0) is 23.4. The highest BCUT2D eigenvalue weighted by Gasteiger charge is 2.46. The molecular weight excluding hydrogens is 438 g/mol. The molecule has 0 bridgehead atoms. The first-order valence-corrected chi connectivity index (χ1v) is 11.6. The van der Waals surface area contributed by atoms with E-state index in [9.17, 15) is 14.4 Å². The topological polar surface area (TPSA) is 87.7 Å². The Balaban J connectivity index is 1.55. The van der Waals surface area contributed by atoms with E-state index in [1.54, 1.807) is 30.3 Å². The second kappa shape index (κ2) is 9.87. The van der Waals surface area contributed by atoms with Crippen LogP contribution >= 0.6 is 11.3 Å². The molecule has 2 N–H and O–H groups in total. The van der Waals surface area contributed by atoms with Gasteiger partial charge < -0.3 is 15.4 Å². The van der Waals surface area contributed by atoms with Crippen LogP contribution in [0.4, 0.5) is 10.5 Å². The summed E-state index contributed by atoms with van der Waals surface area (Å²) in [7, 11) is 0. The molecule has 170 valence electrons. The Labute approximate surface area is 196 Å². The summed E-state index contributed by atoms with van der Waals surface area (Å²) in [6.07, 6.45) is -1.29. The van der Waals surface area contributed by atoms with Crippen molar-refractivity contribution in [2.75, 3.05) is 11.9 Å². The summed E-state index contributed by atoms with van der Waals surface area (Å²) in [5.41, 5.74) is 3.30. The SMILES string of the molecule is CCNC(=O)C1C(c2ccc(NC(=O)c3cccs3)cc2)OC(=O)N1Cc1cccc(C)c1. The molecule has 1 aliphatic heterocycles. The Bertz CT molecular complexity index is 1140. The number of amides is 3. The first-order chi connectivity index (χ1) is 16.0. The van der Waals surface area contributed by atoms with Gasteiger partial charge in [-0.2, -0.15) is 0 Å². The normalized spacial score (nSPS) is 17.5. The van der Waals surface area contributed by atoms with Crippen molar-refractivity contribution in [3.63, 3.8) is 0 Å². The molecule has 4 rings (SSSR count). The Hall–Kier alpha value is -3.65. The van der Waals surface area contributed by atoms with Crippen molar-refractivity contribution >= 4 is 34.9 Å². The van der Waals surface area contributed by atoms with E-state index < -0.39 is 18.2 Å². The highest BCUT2D eigenvalue weighted by atomic mass is 32.1. The summed E-state index contributed by atoms with van der Waals surface area (Å²) in [6, 6.07) is 17.6. The average molecular weight is 464 g/mol. The van der Waals surface area contributed by atoms with Crippen molar-refractivity contribution in [1.29, 1.82) is 0 Å². The lowest BCUT2D eigenvalue weighted by Crippen LogP contribution is -2.46. The van der Waals surface area contributed by atoms with Crippen molar-refractivity contribution in [3.05, 3.63) is 87.6 Å². The molecule has 2 heterocycles. The van der Waals surface area contributed by atoms with Crippen LogP contribution in [0.15, 0.2) is 66.0 Å². The van der Waals surface area contributed by atoms with Crippen molar-refractivity contribution in [3.8, 4) is 0 Å². The number of hydrogen-bond donors (Lipinski definition) is 2. The molecule has 0 spiro atoms. The highest BCUT2D eigenvalue weighted by Crippen LogP contribution is 2.34. The number of likely N-dealkylation sites (N-methyl/N-ethyl adjacent to an activating group) is 1. The van der Waals surface area contributed by atoms with Crippen LogP contribution < -0.4 is 10.6 Å². The standard InChI is InChI=1S/C25H25N3O4S/c1-3-26-24(30)21-22(32-25(31)28(21)15-17-7-4-6-16(2)14-17)18-9-11-19(12-10-18)27-23(29)20-8-5-13-33-20/h4-14,21-22H,3,15H2,1-2H3,(H,26,30)(H,27,29). The lowest BCUT2D eigenvalue weighted by molar-refractivity contribution is -0.126. The predicted octanol–water partition coefficient (Wildman–Crippen LogP) is 4.51. The van der Waals surface area contributed by atoms with Gasteiger partial charge in [0.2, 0.25) is 5.91 Å². The summed E-state index contributed by atoms with van der Waals surface area (Å²) in [4.78, 5) is 40.1. The molecule has 3 amide bonds. The summed E-state index contributed by atoms with van der Waals surface area (Å²) in [5, 5.41) is 7.51. The van der Waals surface area contributed by atoms with Crippen molar-refractivity contribution in [2.24, 2.45) is 0 Å². The van der Waals surface area contributed by atoms with E-state index in [1.807, 2.05) is 49.6 Å². The molecular formula is C25H25N3O4S. The third kappa shape index (κ3) is 5.06. The molecule has 3 aromatic rings. The molecule has 0 aliphatic carbocycles. The predicted molar refractivity (Wildman–Crippen MR) is 127 cm³/mol. The first kappa shape index (κ1) is 22.5. The molecule has 1 aliphatic rings. The Morgan fingerprint density at radius 2 is 1.88 bits per heavy atom. The molecule has 0 radical (unpaired) electrons. The van der Waals surface area contributed by atoms with Crippen LogP contribution in [0.5, 0.6) is 0 Å². The van der Waals surface area contributed by atoms with Crippen LogP contribution in [0.3, 0.4) is 0 Å². The second-order valence-corrected chi connectivity index (χ2v) is 8.76. The smallest absolute Gasteiger partial charge is 0.411 e. The van der Waals surface area contributed by atoms with Gasteiger partial charge in [0.05, 0.1) is 11.4 Å². The number of anilines is 1. The minimum Gasteiger partial charge on any atom is -0.438 e. The molecule has 1 saturated heterocycles. The van der Waals surface area contributed by atoms with Gasteiger partial charge in [-0.1, -0.05) is 48.0 Å². The first-order valence-electron chi connectivity index (χ1n) is 10.7. The Kier molecular flexibility index (Phi) is 6.74. The fourth-order valence-corrected chi connectivity index (χ4v) is 4.47. The van der Waals surface area contributed by atoms with E-state index in [1.165, 1.54) is 16.2 Å². The van der Waals surface area contributed by atoms with E-state index in [0.717, 1.165) is 11.1 Å². The number of rotatable bonds is 7. The quantitative estimate of drug-likeness (QED) is 0.540. The van der Waals surface area contributed by atoms with Crippen LogP contribution in [-0.4, -0.2) is 35.4 Å². The van der Waals surface area contributed by atoms with E-state index >= 15 is 0 Å². The molecule has 33 heavy (non-hydrogen) atoms. The fourth-order valence-electron chi connectivity index (χ4n) is 3.85. The summed E-state index contributed by atoms with van der Waals surface area (Å²) >= 11 is 1.36. The summed E-state index contributed by atoms with van der Waals surface area (Å²) in [6.45, 7) is 4.53. The third-order valence-electron chi connectivity index (χ3n) is 5.38. The number of nitrogens with zero attached hydrogens (tertiary/aromatic N) is 1. The number of carbonyl (C=O) groups is 3. The summed E-state index contributed by atoms with van der Waals surface area (Å²) < 4.78 is 5.66. The second-order valence-electron chi connectivity index (χ2n) is 7.81. The maximum absolute atomic E-state index is 12.9. The number of hydrogen-bond acceptors (Lipinski definition) is 5. The van der Waals surface area contributed by atoms with E-state index in [4.69, 9.17) is 4.74 Å². The number of benzene rings is 2. The number of cyclic esters (lactones) is 1. The molecule has 1 fully saturated rings. The monoisotopic (exact) mass is 463 g/mol. The Morgan fingerprint density at radius 1 is 1.09 bits per heavy atom. The van der Waals surface area contributed by atoms with Gasteiger partial charge in [0, 0.05) is 12.2 Å². The van der Waals surface area contributed by atoms with Crippen LogP contribution in [-0.2, 0) is 16.1 Å². The maximum atomic E-state index is 12.9. The van der Waals surface area contributed by atoms with E-state index in [2.05, 4.69) is 10.6 Å².